The van der Waals surface area contributed by atoms with E-state index in [1.807, 2.05) is 42.1 Å². The van der Waals surface area contributed by atoms with Crippen LogP contribution >= 0.6 is 11.8 Å². The van der Waals surface area contributed by atoms with E-state index in [0.29, 0.717) is 0 Å². The monoisotopic (exact) mass is 354 g/mol. The van der Waals surface area contributed by atoms with E-state index in [4.69, 9.17) is 0 Å². The van der Waals surface area contributed by atoms with E-state index in [-0.39, 0.29) is 11.9 Å². The summed E-state index contributed by atoms with van der Waals surface area (Å²) in [6.07, 6.45) is 1.07. The highest BCUT2D eigenvalue weighted by Crippen LogP contribution is 2.22. The third-order valence-corrected chi connectivity index (χ3v) is 5.71. The van der Waals surface area contributed by atoms with Crippen molar-refractivity contribution in [1.82, 2.24) is 9.80 Å². The van der Waals surface area contributed by atoms with Crippen LogP contribution in [-0.4, -0.2) is 60.4 Å². The standard InChI is InChI=1S/C21H26N2OS/c1-22(2)15-20-16-25-14-6-13-23(20)21(24)19-11-9-18(10-12-19)17-7-4-3-5-8-17/h3-5,7-12,20H,6,13-16H2,1-2H3/t20-/m1/s1. The summed E-state index contributed by atoms with van der Waals surface area (Å²) in [6.45, 7) is 1.77. The quantitative estimate of drug-likeness (QED) is 0.833. The van der Waals surface area contributed by atoms with E-state index in [0.717, 1.165) is 42.1 Å². The van der Waals surface area contributed by atoms with E-state index in [9.17, 15) is 4.79 Å². The molecule has 0 bridgehead atoms. The second-order valence-electron chi connectivity index (χ2n) is 6.79. The SMILES string of the molecule is CN(C)C[C@@H]1CSCCCN1C(=O)c1ccc(-c2ccccc2)cc1. The topological polar surface area (TPSA) is 23.6 Å². The van der Waals surface area contributed by atoms with Gasteiger partial charge in [-0.1, -0.05) is 42.5 Å². The summed E-state index contributed by atoms with van der Waals surface area (Å²) < 4.78 is 0. The van der Waals surface area contributed by atoms with Crippen LogP contribution in [0.25, 0.3) is 11.1 Å². The molecule has 2 aromatic rings. The van der Waals surface area contributed by atoms with Gasteiger partial charge in [-0.25, -0.2) is 0 Å². The van der Waals surface area contributed by atoms with Gasteiger partial charge in [0.1, 0.15) is 0 Å². The van der Waals surface area contributed by atoms with Gasteiger partial charge in [0.05, 0.1) is 6.04 Å². The first-order valence-corrected chi connectivity index (χ1v) is 9.99. The molecule has 132 valence electrons. The summed E-state index contributed by atoms with van der Waals surface area (Å²) in [7, 11) is 4.15. The molecule has 0 saturated carbocycles. The molecular weight excluding hydrogens is 328 g/mol. The van der Waals surface area contributed by atoms with E-state index < -0.39 is 0 Å². The Kier molecular flexibility index (Phi) is 6.16. The lowest BCUT2D eigenvalue weighted by atomic mass is 10.0. The molecule has 1 amide bonds. The normalized spacial score (nSPS) is 18.2. The number of likely N-dealkylation sites (N-methyl/N-ethyl adjacent to an activating group) is 1. The van der Waals surface area contributed by atoms with Gasteiger partial charge in [-0.2, -0.15) is 11.8 Å². The number of amides is 1. The minimum Gasteiger partial charge on any atom is -0.334 e. The van der Waals surface area contributed by atoms with Crippen LogP contribution in [0.15, 0.2) is 54.6 Å². The minimum atomic E-state index is 0.161. The first-order valence-electron chi connectivity index (χ1n) is 8.84. The molecule has 3 nitrogen and oxygen atoms in total. The molecule has 25 heavy (non-hydrogen) atoms. The average molecular weight is 355 g/mol. The number of hydrogen-bond donors (Lipinski definition) is 0. The molecule has 0 aliphatic carbocycles. The third kappa shape index (κ3) is 4.65. The Morgan fingerprint density at radius 1 is 1.08 bits per heavy atom. The molecule has 1 heterocycles. The van der Waals surface area contributed by atoms with Gasteiger partial charge in [0.2, 0.25) is 0 Å². The molecule has 1 aliphatic rings. The molecule has 4 heteroatoms. The molecule has 0 aromatic heterocycles. The van der Waals surface area contributed by atoms with Crippen LogP contribution in [-0.2, 0) is 0 Å². The lowest BCUT2D eigenvalue weighted by molar-refractivity contribution is 0.0675. The molecule has 0 N–H and O–H groups in total. The Hall–Kier alpha value is -1.78. The van der Waals surface area contributed by atoms with Crippen LogP contribution in [0.2, 0.25) is 0 Å². The maximum Gasteiger partial charge on any atom is 0.254 e. The number of carbonyl (C=O) groups excluding carboxylic acids is 1. The smallest absolute Gasteiger partial charge is 0.254 e. The van der Waals surface area contributed by atoms with Gasteiger partial charge in [0.15, 0.2) is 0 Å². The molecular formula is C21H26N2OS. The van der Waals surface area contributed by atoms with E-state index >= 15 is 0 Å². The predicted molar refractivity (Wildman–Crippen MR) is 107 cm³/mol. The number of benzene rings is 2. The number of rotatable bonds is 4. The van der Waals surface area contributed by atoms with Crippen molar-refractivity contribution in [2.24, 2.45) is 0 Å². The molecule has 3 rings (SSSR count). The molecule has 0 unspecified atom stereocenters. The predicted octanol–water partition coefficient (Wildman–Crippen LogP) is 3.86. The van der Waals surface area contributed by atoms with E-state index in [2.05, 4.69) is 48.2 Å². The van der Waals surface area contributed by atoms with Gasteiger partial charge in [0.25, 0.3) is 5.91 Å². The van der Waals surface area contributed by atoms with Crippen LogP contribution < -0.4 is 0 Å². The number of nitrogens with zero attached hydrogens (tertiary/aromatic N) is 2. The van der Waals surface area contributed by atoms with Gasteiger partial charge >= 0.3 is 0 Å². The molecule has 1 aliphatic heterocycles. The summed E-state index contributed by atoms with van der Waals surface area (Å²) in [4.78, 5) is 17.3. The summed E-state index contributed by atoms with van der Waals surface area (Å²) in [5.41, 5.74) is 3.11. The van der Waals surface area contributed by atoms with Crippen LogP contribution in [0.5, 0.6) is 0 Å². The highest BCUT2D eigenvalue weighted by molar-refractivity contribution is 7.99. The van der Waals surface area contributed by atoms with Crippen molar-refractivity contribution in [3.63, 3.8) is 0 Å². The fraction of sp³-hybridized carbons (Fsp3) is 0.381. The van der Waals surface area contributed by atoms with Crippen LogP contribution in [0, 0.1) is 0 Å². The average Bonchev–Trinajstić information content (AvgIpc) is 2.87. The lowest BCUT2D eigenvalue weighted by Gasteiger charge is -2.31. The number of carbonyl (C=O) groups is 1. The maximum absolute atomic E-state index is 13.1. The van der Waals surface area contributed by atoms with Crippen molar-refractivity contribution in [1.29, 1.82) is 0 Å². The molecule has 2 aromatic carbocycles. The Morgan fingerprint density at radius 3 is 2.44 bits per heavy atom. The Bertz CT molecular complexity index is 685. The Morgan fingerprint density at radius 2 is 1.76 bits per heavy atom. The van der Waals surface area contributed by atoms with Crippen molar-refractivity contribution >= 4 is 17.7 Å². The van der Waals surface area contributed by atoms with Crippen LogP contribution in [0.3, 0.4) is 0 Å². The minimum absolute atomic E-state index is 0.161. The van der Waals surface area contributed by atoms with Crippen molar-refractivity contribution in [2.75, 3.05) is 38.7 Å². The Balaban J connectivity index is 1.78. The third-order valence-electron chi connectivity index (χ3n) is 4.51. The first kappa shape index (κ1) is 18.0. The molecule has 1 fully saturated rings. The zero-order valence-corrected chi connectivity index (χ0v) is 15.8. The highest BCUT2D eigenvalue weighted by atomic mass is 32.2. The van der Waals surface area contributed by atoms with Gasteiger partial charge in [-0.05, 0) is 49.5 Å². The largest absolute Gasteiger partial charge is 0.334 e. The van der Waals surface area contributed by atoms with Crippen molar-refractivity contribution in [3.8, 4) is 11.1 Å². The fourth-order valence-electron chi connectivity index (χ4n) is 3.27. The lowest BCUT2D eigenvalue weighted by Crippen LogP contribution is -2.46. The summed E-state index contributed by atoms with van der Waals surface area (Å²) in [5.74, 6) is 2.32. The van der Waals surface area contributed by atoms with E-state index in [1.165, 1.54) is 5.56 Å². The zero-order chi connectivity index (χ0) is 17.6. The second-order valence-corrected chi connectivity index (χ2v) is 7.94. The van der Waals surface area contributed by atoms with Gasteiger partial charge in [-0.15, -0.1) is 0 Å². The van der Waals surface area contributed by atoms with Gasteiger partial charge in [0, 0.05) is 24.4 Å². The summed E-state index contributed by atoms with van der Waals surface area (Å²) in [6, 6.07) is 18.6. The molecule has 0 radical (unpaired) electrons. The van der Waals surface area contributed by atoms with Crippen molar-refractivity contribution in [2.45, 2.75) is 12.5 Å². The number of thioether (sulfide) groups is 1. The highest BCUT2D eigenvalue weighted by Gasteiger charge is 2.26. The van der Waals surface area contributed by atoms with Gasteiger partial charge < -0.3 is 9.80 Å². The molecule has 1 saturated heterocycles. The zero-order valence-electron chi connectivity index (χ0n) is 15.0. The van der Waals surface area contributed by atoms with Crippen LogP contribution in [0.1, 0.15) is 16.8 Å². The fourth-order valence-corrected chi connectivity index (χ4v) is 4.33. The van der Waals surface area contributed by atoms with Crippen molar-refractivity contribution in [3.05, 3.63) is 60.2 Å². The maximum atomic E-state index is 13.1. The number of hydrogen-bond acceptors (Lipinski definition) is 3. The summed E-state index contributed by atoms with van der Waals surface area (Å²) in [5, 5.41) is 0. The van der Waals surface area contributed by atoms with Gasteiger partial charge in [-0.3, -0.25) is 4.79 Å². The van der Waals surface area contributed by atoms with E-state index in [1.54, 1.807) is 0 Å². The Labute approximate surface area is 155 Å². The van der Waals surface area contributed by atoms with Crippen molar-refractivity contribution < 1.29 is 4.79 Å². The molecule has 1 atom stereocenters. The summed E-state index contributed by atoms with van der Waals surface area (Å²) >= 11 is 1.96. The first-order chi connectivity index (χ1) is 12.1. The van der Waals surface area contributed by atoms with Crippen LogP contribution in [0.4, 0.5) is 0 Å². The second kappa shape index (κ2) is 8.54. The molecule has 0 spiro atoms.